The summed E-state index contributed by atoms with van der Waals surface area (Å²) in [6.45, 7) is 0. The van der Waals surface area contributed by atoms with Crippen LogP contribution in [-0.4, -0.2) is 0 Å². The van der Waals surface area contributed by atoms with E-state index in [2.05, 4.69) is 15.9 Å². The van der Waals surface area contributed by atoms with Gasteiger partial charge in [-0.1, -0.05) is 22.0 Å². The summed E-state index contributed by atoms with van der Waals surface area (Å²) in [6, 6.07) is 3.35. The number of anilines is 1. The number of hydrogen-bond donors (Lipinski definition) is 1. The lowest BCUT2D eigenvalue weighted by Crippen LogP contribution is -1.87. The van der Waals surface area contributed by atoms with Gasteiger partial charge in [0, 0.05) is 25.5 Å². The van der Waals surface area contributed by atoms with E-state index in [4.69, 9.17) is 5.73 Å². The number of hydrogen-bond acceptors (Lipinski definition) is 2. The number of alkyl halides is 2. The number of halogens is 3. The Hall–Kier alpha value is -0.680. The Morgan fingerprint density at radius 2 is 2.07 bits per heavy atom. The monoisotopic (exact) mass is 277 g/mol. The third-order valence-corrected chi connectivity index (χ3v) is 3.71. The molecule has 14 heavy (non-hydrogen) atoms. The highest BCUT2D eigenvalue weighted by molar-refractivity contribution is 9.10. The van der Waals surface area contributed by atoms with Crippen molar-refractivity contribution in [2.45, 2.75) is 6.43 Å². The minimum absolute atomic E-state index is 0.0317. The molecule has 2 aromatic rings. The maximum atomic E-state index is 12.7. The molecule has 2 rings (SSSR count). The molecule has 0 bridgehead atoms. The summed E-state index contributed by atoms with van der Waals surface area (Å²) in [6.07, 6.45) is -2.48. The molecular weight excluding hydrogens is 272 g/mol. The van der Waals surface area contributed by atoms with Gasteiger partial charge < -0.3 is 5.73 Å². The summed E-state index contributed by atoms with van der Waals surface area (Å²) >= 11 is 4.36. The van der Waals surface area contributed by atoms with Crippen molar-refractivity contribution in [3.63, 3.8) is 0 Å². The SMILES string of the molecule is Nc1csc2c(C(F)F)c(Br)ccc12. The average molecular weight is 278 g/mol. The van der Waals surface area contributed by atoms with E-state index in [0.717, 1.165) is 0 Å². The van der Waals surface area contributed by atoms with E-state index in [1.165, 1.54) is 11.3 Å². The second kappa shape index (κ2) is 3.47. The van der Waals surface area contributed by atoms with Gasteiger partial charge >= 0.3 is 0 Å². The Morgan fingerprint density at radius 3 is 2.71 bits per heavy atom. The van der Waals surface area contributed by atoms with Crippen molar-refractivity contribution in [2.24, 2.45) is 0 Å². The third-order valence-electron chi connectivity index (χ3n) is 1.98. The van der Waals surface area contributed by atoms with Gasteiger partial charge in [0.1, 0.15) is 0 Å². The van der Waals surface area contributed by atoms with Gasteiger partial charge in [-0.2, -0.15) is 0 Å². The van der Waals surface area contributed by atoms with Crippen molar-refractivity contribution in [3.05, 3.63) is 27.5 Å². The molecule has 0 radical (unpaired) electrons. The molecule has 0 amide bonds. The fourth-order valence-corrected chi connectivity index (χ4v) is 2.96. The molecule has 0 unspecified atom stereocenters. The predicted octanol–water partition coefficient (Wildman–Crippen LogP) is 4.18. The minimum atomic E-state index is -2.48. The lowest BCUT2D eigenvalue weighted by molar-refractivity contribution is 0.152. The molecule has 5 heteroatoms. The molecule has 1 aromatic carbocycles. The van der Waals surface area contributed by atoms with Crippen LogP contribution in [0.3, 0.4) is 0 Å². The van der Waals surface area contributed by atoms with Gasteiger partial charge in [-0.15, -0.1) is 11.3 Å². The second-order valence-electron chi connectivity index (χ2n) is 2.83. The molecule has 0 fully saturated rings. The first-order valence-electron chi connectivity index (χ1n) is 3.84. The van der Waals surface area contributed by atoms with Gasteiger partial charge in [0.05, 0.1) is 5.69 Å². The highest BCUT2D eigenvalue weighted by atomic mass is 79.9. The number of fused-ring (bicyclic) bond motifs is 1. The van der Waals surface area contributed by atoms with Crippen LogP contribution in [-0.2, 0) is 0 Å². The summed E-state index contributed by atoms with van der Waals surface area (Å²) in [5.74, 6) is 0. The van der Waals surface area contributed by atoms with E-state index in [9.17, 15) is 8.78 Å². The predicted molar refractivity (Wildman–Crippen MR) is 58.9 cm³/mol. The Morgan fingerprint density at radius 1 is 1.36 bits per heavy atom. The molecule has 1 heterocycles. The minimum Gasteiger partial charge on any atom is -0.398 e. The molecule has 0 spiro atoms. The zero-order chi connectivity index (χ0) is 10.3. The van der Waals surface area contributed by atoms with Crippen molar-refractivity contribution in [1.82, 2.24) is 0 Å². The number of nitrogen functional groups attached to an aromatic ring is 1. The molecule has 74 valence electrons. The fourth-order valence-electron chi connectivity index (χ4n) is 1.32. The van der Waals surface area contributed by atoms with Gasteiger partial charge in [-0.25, -0.2) is 8.78 Å². The molecule has 0 saturated heterocycles. The lowest BCUT2D eigenvalue weighted by Gasteiger charge is -2.04. The molecule has 0 aliphatic carbocycles. The van der Waals surface area contributed by atoms with Crippen LogP contribution in [0.2, 0.25) is 0 Å². The highest BCUT2D eigenvalue weighted by Crippen LogP contribution is 2.39. The van der Waals surface area contributed by atoms with Gasteiger partial charge in [0.25, 0.3) is 6.43 Å². The second-order valence-corrected chi connectivity index (χ2v) is 4.56. The summed E-state index contributed by atoms with van der Waals surface area (Å²) in [5.41, 5.74) is 6.23. The Bertz CT molecular complexity index is 481. The molecule has 1 nitrogen and oxygen atoms in total. The average Bonchev–Trinajstić information content (AvgIpc) is 2.47. The first-order valence-corrected chi connectivity index (χ1v) is 5.51. The van der Waals surface area contributed by atoms with E-state index >= 15 is 0 Å². The number of nitrogens with two attached hydrogens (primary N) is 1. The first-order chi connectivity index (χ1) is 6.61. The van der Waals surface area contributed by atoms with Crippen LogP contribution in [0.4, 0.5) is 14.5 Å². The van der Waals surface area contributed by atoms with Crippen LogP contribution in [0.15, 0.2) is 22.0 Å². The number of benzene rings is 1. The maximum Gasteiger partial charge on any atom is 0.266 e. The molecule has 0 atom stereocenters. The van der Waals surface area contributed by atoms with Crippen molar-refractivity contribution in [2.75, 3.05) is 5.73 Å². The number of thiophene rings is 1. The lowest BCUT2D eigenvalue weighted by atomic mass is 10.1. The van der Waals surface area contributed by atoms with Crippen LogP contribution >= 0.6 is 27.3 Å². The van der Waals surface area contributed by atoms with Gasteiger partial charge in [-0.3, -0.25) is 0 Å². The quantitative estimate of drug-likeness (QED) is 0.831. The molecule has 2 N–H and O–H groups in total. The zero-order valence-corrected chi connectivity index (χ0v) is 9.33. The summed E-state index contributed by atoms with van der Waals surface area (Å²) in [4.78, 5) is 0. The summed E-state index contributed by atoms with van der Waals surface area (Å²) < 4.78 is 26.4. The topological polar surface area (TPSA) is 26.0 Å². The van der Waals surface area contributed by atoms with Gasteiger partial charge in [0.15, 0.2) is 0 Å². The van der Waals surface area contributed by atoms with Crippen LogP contribution in [0.5, 0.6) is 0 Å². The molecular formula is C9H6BrF2NS. The molecule has 0 aliphatic heterocycles. The largest absolute Gasteiger partial charge is 0.398 e. The smallest absolute Gasteiger partial charge is 0.266 e. The van der Waals surface area contributed by atoms with Gasteiger partial charge in [-0.05, 0) is 6.07 Å². The first kappa shape index (κ1) is 9.86. The normalized spacial score (nSPS) is 11.4. The van der Waals surface area contributed by atoms with Crippen molar-refractivity contribution < 1.29 is 8.78 Å². The standard InChI is InChI=1S/C9H6BrF2NS/c10-5-2-1-4-6(13)3-14-8(4)7(5)9(11)12/h1-3,9H,13H2. The Balaban J connectivity index is 2.83. The maximum absolute atomic E-state index is 12.7. The van der Waals surface area contributed by atoms with E-state index in [1.807, 2.05) is 0 Å². The van der Waals surface area contributed by atoms with E-state index in [0.29, 0.717) is 20.2 Å². The summed E-state index contributed by atoms with van der Waals surface area (Å²) in [5, 5.41) is 2.39. The van der Waals surface area contributed by atoms with Crippen LogP contribution in [0.25, 0.3) is 10.1 Å². The van der Waals surface area contributed by atoms with Crippen molar-refractivity contribution >= 4 is 43.0 Å². The molecule has 0 saturated carbocycles. The highest BCUT2D eigenvalue weighted by Gasteiger charge is 2.17. The molecule has 0 aliphatic rings. The van der Waals surface area contributed by atoms with Crippen LogP contribution in [0.1, 0.15) is 12.0 Å². The Kier molecular flexibility index (Phi) is 2.45. The van der Waals surface area contributed by atoms with Crippen LogP contribution in [0, 0.1) is 0 Å². The van der Waals surface area contributed by atoms with Gasteiger partial charge in [0.2, 0.25) is 0 Å². The van der Waals surface area contributed by atoms with E-state index < -0.39 is 6.43 Å². The Labute approximate surface area is 91.7 Å². The van der Waals surface area contributed by atoms with Crippen molar-refractivity contribution in [3.8, 4) is 0 Å². The number of rotatable bonds is 1. The fraction of sp³-hybridized carbons (Fsp3) is 0.111. The third kappa shape index (κ3) is 1.40. The van der Waals surface area contributed by atoms with Crippen molar-refractivity contribution in [1.29, 1.82) is 0 Å². The summed E-state index contributed by atoms with van der Waals surface area (Å²) in [7, 11) is 0. The zero-order valence-electron chi connectivity index (χ0n) is 6.93. The van der Waals surface area contributed by atoms with E-state index in [1.54, 1.807) is 17.5 Å². The molecule has 1 aromatic heterocycles. The van der Waals surface area contributed by atoms with E-state index in [-0.39, 0.29) is 5.56 Å². The van der Waals surface area contributed by atoms with Crippen LogP contribution < -0.4 is 5.73 Å².